The zero-order valence-corrected chi connectivity index (χ0v) is 12.4. The van der Waals surface area contributed by atoms with E-state index in [2.05, 4.69) is 10.6 Å². The van der Waals surface area contributed by atoms with E-state index in [0.29, 0.717) is 11.4 Å². The SMILES string of the molecule is CC(C)(C)C(=O)NCC(=O)N1CC(=O)Nc2ccccc21. The van der Waals surface area contributed by atoms with Crippen molar-refractivity contribution in [1.82, 2.24) is 5.32 Å². The van der Waals surface area contributed by atoms with Gasteiger partial charge in [-0.05, 0) is 12.1 Å². The van der Waals surface area contributed by atoms with E-state index < -0.39 is 5.41 Å². The summed E-state index contributed by atoms with van der Waals surface area (Å²) in [5.74, 6) is -0.760. The van der Waals surface area contributed by atoms with Crippen LogP contribution in [0, 0.1) is 5.41 Å². The van der Waals surface area contributed by atoms with Crippen molar-refractivity contribution in [3.63, 3.8) is 0 Å². The molecule has 21 heavy (non-hydrogen) atoms. The quantitative estimate of drug-likeness (QED) is 0.856. The molecule has 0 aromatic heterocycles. The first kappa shape index (κ1) is 15.0. The molecule has 0 fully saturated rings. The molecule has 2 N–H and O–H groups in total. The summed E-state index contributed by atoms with van der Waals surface area (Å²) >= 11 is 0. The highest BCUT2D eigenvalue weighted by atomic mass is 16.2. The highest BCUT2D eigenvalue weighted by molar-refractivity contribution is 6.10. The van der Waals surface area contributed by atoms with Crippen LogP contribution < -0.4 is 15.5 Å². The van der Waals surface area contributed by atoms with Gasteiger partial charge in [0.25, 0.3) is 0 Å². The molecule has 1 heterocycles. The molecule has 3 amide bonds. The summed E-state index contributed by atoms with van der Waals surface area (Å²) < 4.78 is 0. The summed E-state index contributed by atoms with van der Waals surface area (Å²) in [6.45, 7) is 5.16. The number of rotatable bonds is 2. The van der Waals surface area contributed by atoms with E-state index in [1.165, 1.54) is 4.90 Å². The van der Waals surface area contributed by atoms with Crippen molar-refractivity contribution >= 4 is 29.1 Å². The van der Waals surface area contributed by atoms with Crippen molar-refractivity contribution in [2.45, 2.75) is 20.8 Å². The maximum absolute atomic E-state index is 12.3. The van der Waals surface area contributed by atoms with Crippen LogP contribution in [0.2, 0.25) is 0 Å². The minimum absolute atomic E-state index is 0.0404. The van der Waals surface area contributed by atoms with Crippen molar-refractivity contribution in [3.05, 3.63) is 24.3 Å². The first-order valence-corrected chi connectivity index (χ1v) is 6.76. The number of hydrogen-bond acceptors (Lipinski definition) is 3. The Kier molecular flexibility index (Phi) is 3.97. The van der Waals surface area contributed by atoms with Crippen LogP contribution in [0.25, 0.3) is 0 Å². The van der Waals surface area contributed by atoms with E-state index in [4.69, 9.17) is 0 Å². The van der Waals surface area contributed by atoms with Gasteiger partial charge in [-0.3, -0.25) is 19.3 Å². The number of nitrogens with one attached hydrogen (secondary N) is 2. The van der Waals surface area contributed by atoms with E-state index in [0.717, 1.165) is 0 Å². The third-order valence-corrected chi connectivity index (χ3v) is 3.15. The molecule has 1 aromatic rings. The molecular weight excluding hydrogens is 270 g/mol. The molecule has 112 valence electrons. The van der Waals surface area contributed by atoms with Crippen LogP contribution in [0.4, 0.5) is 11.4 Å². The Bertz CT molecular complexity index is 590. The molecule has 0 saturated heterocycles. The van der Waals surface area contributed by atoms with Gasteiger partial charge in [-0.2, -0.15) is 0 Å². The number of carbonyl (C=O) groups excluding carboxylic acids is 3. The molecule has 0 saturated carbocycles. The van der Waals surface area contributed by atoms with Crippen molar-refractivity contribution in [1.29, 1.82) is 0 Å². The average Bonchev–Trinajstić information content (AvgIpc) is 2.42. The van der Waals surface area contributed by atoms with Crippen LogP contribution in [0.3, 0.4) is 0 Å². The molecular formula is C15H19N3O3. The van der Waals surface area contributed by atoms with Crippen LogP contribution >= 0.6 is 0 Å². The first-order chi connectivity index (χ1) is 9.79. The first-order valence-electron chi connectivity index (χ1n) is 6.76. The van der Waals surface area contributed by atoms with E-state index in [1.807, 2.05) is 0 Å². The third-order valence-electron chi connectivity index (χ3n) is 3.15. The topological polar surface area (TPSA) is 78.5 Å². The lowest BCUT2D eigenvalue weighted by Crippen LogP contribution is -2.48. The smallest absolute Gasteiger partial charge is 0.246 e. The molecule has 1 aromatic carbocycles. The molecule has 0 atom stereocenters. The molecule has 0 radical (unpaired) electrons. The summed E-state index contributed by atoms with van der Waals surface area (Å²) in [6, 6.07) is 7.08. The lowest BCUT2D eigenvalue weighted by molar-refractivity contribution is -0.130. The van der Waals surface area contributed by atoms with E-state index in [1.54, 1.807) is 45.0 Å². The second-order valence-electron chi connectivity index (χ2n) is 5.98. The molecule has 0 unspecified atom stereocenters. The van der Waals surface area contributed by atoms with Crippen LogP contribution in [-0.2, 0) is 14.4 Å². The summed E-state index contributed by atoms with van der Waals surface area (Å²) in [5.41, 5.74) is 0.689. The molecule has 6 heteroatoms. The van der Waals surface area contributed by atoms with Gasteiger partial charge in [0, 0.05) is 5.41 Å². The molecule has 6 nitrogen and oxygen atoms in total. The van der Waals surface area contributed by atoms with Crippen molar-refractivity contribution in [3.8, 4) is 0 Å². The zero-order valence-electron chi connectivity index (χ0n) is 12.4. The minimum Gasteiger partial charge on any atom is -0.347 e. The zero-order chi connectivity index (χ0) is 15.6. The van der Waals surface area contributed by atoms with Crippen molar-refractivity contribution < 1.29 is 14.4 Å². The van der Waals surface area contributed by atoms with Crippen LogP contribution in [0.5, 0.6) is 0 Å². The van der Waals surface area contributed by atoms with Crippen molar-refractivity contribution in [2.24, 2.45) is 5.41 Å². The number of fused-ring (bicyclic) bond motifs is 1. The number of anilines is 2. The number of benzene rings is 1. The minimum atomic E-state index is -0.558. The van der Waals surface area contributed by atoms with Gasteiger partial charge in [0.2, 0.25) is 17.7 Å². The fraction of sp³-hybridized carbons (Fsp3) is 0.400. The second kappa shape index (κ2) is 5.55. The number of amides is 3. The average molecular weight is 289 g/mol. The molecule has 1 aliphatic rings. The number of hydrogen-bond donors (Lipinski definition) is 2. The Morgan fingerprint density at radius 1 is 1.29 bits per heavy atom. The van der Waals surface area contributed by atoms with E-state index in [-0.39, 0.29) is 30.8 Å². The standard InChI is InChI=1S/C15H19N3O3/c1-15(2,3)14(21)16-8-13(20)18-9-12(19)17-10-6-4-5-7-11(10)18/h4-7H,8-9H2,1-3H3,(H,16,21)(H,17,19). The molecule has 0 spiro atoms. The van der Waals surface area contributed by atoms with Gasteiger partial charge in [-0.15, -0.1) is 0 Å². The Morgan fingerprint density at radius 2 is 1.95 bits per heavy atom. The van der Waals surface area contributed by atoms with Gasteiger partial charge in [0.1, 0.15) is 6.54 Å². The van der Waals surface area contributed by atoms with E-state index >= 15 is 0 Å². The van der Waals surface area contributed by atoms with Crippen LogP contribution in [0.15, 0.2) is 24.3 Å². The second-order valence-corrected chi connectivity index (χ2v) is 5.98. The molecule has 0 aliphatic carbocycles. The molecule has 0 bridgehead atoms. The van der Waals surface area contributed by atoms with Crippen LogP contribution in [-0.4, -0.2) is 30.8 Å². The maximum Gasteiger partial charge on any atom is 0.246 e. The van der Waals surface area contributed by atoms with Crippen LogP contribution in [0.1, 0.15) is 20.8 Å². The Hall–Kier alpha value is -2.37. The summed E-state index contributed by atoms with van der Waals surface area (Å²) in [4.78, 5) is 37.1. The Balaban J connectivity index is 2.10. The van der Waals surface area contributed by atoms with Gasteiger partial charge in [-0.25, -0.2) is 0 Å². The lowest BCUT2D eigenvalue weighted by atomic mass is 9.96. The molecule has 2 rings (SSSR count). The number of para-hydroxylation sites is 2. The summed E-state index contributed by atoms with van der Waals surface area (Å²) in [6.07, 6.45) is 0. The summed E-state index contributed by atoms with van der Waals surface area (Å²) in [5, 5.41) is 5.32. The van der Waals surface area contributed by atoms with Crippen molar-refractivity contribution in [2.75, 3.05) is 23.3 Å². The highest BCUT2D eigenvalue weighted by Gasteiger charge is 2.28. The van der Waals surface area contributed by atoms with Gasteiger partial charge in [0.05, 0.1) is 17.9 Å². The number of nitrogens with zero attached hydrogens (tertiary/aromatic N) is 1. The Morgan fingerprint density at radius 3 is 2.62 bits per heavy atom. The predicted octanol–water partition coefficient (Wildman–Crippen LogP) is 1.13. The fourth-order valence-electron chi connectivity index (χ4n) is 1.97. The van der Waals surface area contributed by atoms with E-state index in [9.17, 15) is 14.4 Å². The largest absolute Gasteiger partial charge is 0.347 e. The molecule has 1 aliphatic heterocycles. The lowest BCUT2D eigenvalue weighted by Gasteiger charge is -2.29. The normalized spacial score (nSPS) is 14.2. The predicted molar refractivity (Wildman–Crippen MR) is 79.9 cm³/mol. The van der Waals surface area contributed by atoms with Gasteiger partial charge >= 0.3 is 0 Å². The van der Waals surface area contributed by atoms with Gasteiger partial charge in [0.15, 0.2) is 0 Å². The third kappa shape index (κ3) is 3.39. The van der Waals surface area contributed by atoms with Gasteiger partial charge in [-0.1, -0.05) is 32.9 Å². The monoisotopic (exact) mass is 289 g/mol. The Labute approximate surface area is 123 Å². The van der Waals surface area contributed by atoms with Gasteiger partial charge < -0.3 is 10.6 Å². The fourth-order valence-corrected chi connectivity index (χ4v) is 1.97. The highest BCUT2D eigenvalue weighted by Crippen LogP contribution is 2.28. The number of carbonyl (C=O) groups is 3. The summed E-state index contributed by atoms with van der Waals surface area (Å²) in [7, 11) is 0. The maximum atomic E-state index is 12.3.